The Bertz CT molecular complexity index is 529. The monoisotopic (exact) mass is 261 g/mol. The molecular formula is C15H16FNS. The Morgan fingerprint density at radius 3 is 2.67 bits per heavy atom. The van der Waals surface area contributed by atoms with Crippen LogP contribution in [0.2, 0.25) is 0 Å². The molecule has 3 rings (SSSR count). The predicted octanol–water partition coefficient (Wildman–Crippen LogP) is 4.02. The summed E-state index contributed by atoms with van der Waals surface area (Å²) in [5.74, 6) is 0.460. The lowest BCUT2D eigenvalue weighted by Gasteiger charge is -2.23. The van der Waals surface area contributed by atoms with Gasteiger partial charge in [-0.3, -0.25) is 0 Å². The Labute approximate surface area is 111 Å². The van der Waals surface area contributed by atoms with E-state index in [0.29, 0.717) is 5.92 Å². The molecular weight excluding hydrogens is 245 g/mol. The number of halogens is 1. The van der Waals surface area contributed by atoms with Gasteiger partial charge in [0, 0.05) is 10.4 Å². The lowest BCUT2D eigenvalue weighted by molar-refractivity contribution is 0.461. The molecule has 1 saturated heterocycles. The van der Waals surface area contributed by atoms with E-state index in [9.17, 15) is 4.39 Å². The average molecular weight is 261 g/mol. The highest BCUT2D eigenvalue weighted by atomic mass is 32.1. The molecule has 18 heavy (non-hydrogen) atoms. The third-order valence-electron chi connectivity index (χ3n) is 3.59. The van der Waals surface area contributed by atoms with Crippen molar-refractivity contribution in [1.82, 2.24) is 5.32 Å². The van der Waals surface area contributed by atoms with E-state index in [1.54, 1.807) is 23.5 Å². The molecule has 0 bridgehead atoms. The molecule has 2 heterocycles. The summed E-state index contributed by atoms with van der Waals surface area (Å²) < 4.78 is 13.9. The smallest absolute Gasteiger partial charge is 0.131 e. The first-order chi connectivity index (χ1) is 8.86. The summed E-state index contributed by atoms with van der Waals surface area (Å²) >= 11 is 1.65. The Hall–Kier alpha value is -1.19. The highest BCUT2D eigenvalue weighted by Gasteiger charge is 2.20. The number of nitrogens with one attached hydrogen (secondary N) is 1. The van der Waals surface area contributed by atoms with Crippen molar-refractivity contribution in [2.45, 2.75) is 18.8 Å². The third-order valence-corrected chi connectivity index (χ3v) is 4.56. The molecule has 3 heteroatoms. The van der Waals surface area contributed by atoms with Gasteiger partial charge in [0.2, 0.25) is 0 Å². The van der Waals surface area contributed by atoms with Crippen LogP contribution in [0.25, 0.3) is 10.4 Å². The van der Waals surface area contributed by atoms with E-state index in [2.05, 4.69) is 16.8 Å². The van der Waals surface area contributed by atoms with E-state index < -0.39 is 0 Å². The maximum Gasteiger partial charge on any atom is 0.131 e. The van der Waals surface area contributed by atoms with Crippen molar-refractivity contribution in [2.24, 2.45) is 0 Å². The zero-order chi connectivity index (χ0) is 12.4. The van der Waals surface area contributed by atoms with Crippen molar-refractivity contribution < 1.29 is 4.39 Å². The second kappa shape index (κ2) is 5.21. The molecule has 0 unspecified atom stereocenters. The molecule has 1 aromatic heterocycles. The summed E-state index contributed by atoms with van der Waals surface area (Å²) in [4.78, 5) is 1.11. The average Bonchev–Trinajstić information content (AvgIpc) is 2.89. The van der Waals surface area contributed by atoms with Gasteiger partial charge in [-0.25, -0.2) is 4.39 Å². The number of hydrogen-bond acceptors (Lipinski definition) is 2. The zero-order valence-corrected chi connectivity index (χ0v) is 11.0. The zero-order valence-electron chi connectivity index (χ0n) is 10.2. The van der Waals surface area contributed by atoms with Crippen molar-refractivity contribution in [2.75, 3.05) is 13.1 Å². The van der Waals surface area contributed by atoms with Crippen molar-refractivity contribution >= 4 is 11.3 Å². The molecule has 0 aliphatic carbocycles. The normalized spacial score (nSPS) is 16.9. The van der Waals surface area contributed by atoms with E-state index in [1.807, 2.05) is 12.1 Å². The molecule has 0 radical (unpaired) electrons. The Kier molecular flexibility index (Phi) is 3.43. The second-order valence-electron chi connectivity index (χ2n) is 4.71. The highest BCUT2D eigenvalue weighted by molar-refractivity contribution is 7.13. The molecule has 1 fully saturated rings. The molecule has 1 N–H and O–H groups in total. The first-order valence-corrected chi connectivity index (χ1v) is 7.27. The van der Waals surface area contributed by atoms with Crippen molar-refractivity contribution in [1.29, 1.82) is 0 Å². The third kappa shape index (κ3) is 2.20. The van der Waals surface area contributed by atoms with Gasteiger partial charge in [0.1, 0.15) is 5.82 Å². The summed E-state index contributed by atoms with van der Waals surface area (Å²) in [6.45, 7) is 2.13. The maximum atomic E-state index is 13.9. The topological polar surface area (TPSA) is 12.0 Å². The van der Waals surface area contributed by atoms with Crippen LogP contribution >= 0.6 is 11.3 Å². The fourth-order valence-electron chi connectivity index (χ4n) is 2.64. The Balaban J connectivity index is 1.98. The molecule has 1 nitrogen and oxygen atoms in total. The summed E-state index contributed by atoms with van der Waals surface area (Å²) in [6.07, 6.45) is 2.30. The van der Waals surface area contributed by atoms with Crippen LogP contribution in [0.15, 0.2) is 35.7 Å². The SMILES string of the molecule is Fc1ccccc1-c1sccc1C1CCNCC1. The van der Waals surface area contributed by atoms with E-state index >= 15 is 0 Å². The lowest BCUT2D eigenvalue weighted by Crippen LogP contribution is -2.26. The quantitative estimate of drug-likeness (QED) is 0.861. The number of benzene rings is 1. The summed E-state index contributed by atoms with van der Waals surface area (Å²) in [5, 5.41) is 5.46. The standard InChI is InChI=1S/C15H16FNS/c16-14-4-2-1-3-13(14)15-12(7-10-18-15)11-5-8-17-9-6-11/h1-4,7,10-11,17H,5-6,8-9H2. The minimum absolute atomic E-state index is 0.116. The predicted molar refractivity (Wildman–Crippen MR) is 74.6 cm³/mol. The van der Waals surface area contributed by atoms with Crippen LogP contribution < -0.4 is 5.32 Å². The van der Waals surface area contributed by atoms with Crippen molar-refractivity contribution in [3.63, 3.8) is 0 Å². The molecule has 0 amide bonds. The van der Waals surface area contributed by atoms with Crippen LogP contribution in [0.4, 0.5) is 4.39 Å². The van der Waals surface area contributed by atoms with E-state index in [4.69, 9.17) is 0 Å². The number of hydrogen-bond donors (Lipinski definition) is 1. The first kappa shape index (κ1) is 11.9. The summed E-state index contributed by atoms with van der Waals surface area (Å²) in [6, 6.07) is 9.25. The van der Waals surface area contributed by atoms with Gasteiger partial charge in [0.25, 0.3) is 0 Å². The number of rotatable bonds is 2. The summed E-state index contributed by atoms with van der Waals surface area (Å²) in [7, 11) is 0. The number of thiophene rings is 1. The minimum atomic E-state index is -0.116. The Morgan fingerprint density at radius 1 is 1.11 bits per heavy atom. The lowest BCUT2D eigenvalue weighted by atomic mass is 9.89. The van der Waals surface area contributed by atoms with Crippen LogP contribution in [0.5, 0.6) is 0 Å². The van der Waals surface area contributed by atoms with Gasteiger partial charge in [0.05, 0.1) is 0 Å². The molecule has 1 aliphatic heterocycles. The van der Waals surface area contributed by atoms with Crippen molar-refractivity contribution in [3.8, 4) is 10.4 Å². The molecule has 0 spiro atoms. The Morgan fingerprint density at radius 2 is 1.89 bits per heavy atom. The van der Waals surface area contributed by atoms with Gasteiger partial charge in [-0.2, -0.15) is 0 Å². The van der Waals surface area contributed by atoms with Crippen LogP contribution in [0.3, 0.4) is 0 Å². The fraction of sp³-hybridized carbons (Fsp3) is 0.333. The van der Waals surface area contributed by atoms with Crippen molar-refractivity contribution in [3.05, 3.63) is 47.1 Å². The molecule has 0 saturated carbocycles. The van der Waals surface area contributed by atoms with Gasteiger partial charge in [-0.05, 0) is 54.9 Å². The van der Waals surface area contributed by atoms with E-state index in [0.717, 1.165) is 36.4 Å². The largest absolute Gasteiger partial charge is 0.317 e. The van der Waals surface area contributed by atoms with Gasteiger partial charge >= 0.3 is 0 Å². The molecule has 1 aliphatic rings. The first-order valence-electron chi connectivity index (χ1n) is 6.39. The summed E-state index contributed by atoms with van der Waals surface area (Å²) in [5.41, 5.74) is 2.08. The van der Waals surface area contributed by atoms with Gasteiger partial charge in [-0.1, -0.05) is 18.2 Å². The van der Waals surface area contributed by atoms with Crippen LogP contribution in [0.1, 0.15) is 24.3 Å². The van der Waals surface area contributed by atoms with E-state index in [-0.39, 0.29) is 5.82 Å². The molecule has 2 aromatic rings. The van der Waals surface area contributed by atoms with Gasteiger partial charge in [0.15, 0.2) is 0 Å². The minimum Gasteiger partial charge on any atom is -0.317 e. The molecule has 0 atom stereocenters. The molecule has 1 aromatic carbocycles. The maximum absolute atomic E-state index is 13.9. The van der Waals surface area contributed by atoms with Crippen LogP contribution in [0, 0.1) is 5.82 Å². The molecule has 94 valence electrons. The van der Waals surface area contributed by atoms with Crippen LogP contribution in [-0.4, -0.2) is 13.1 Å². The van der Waals surface area contributed by atoms with Gasteiger partial charge in [-0.15, -0.1) is 11.3 Å². The van der Waals surface area contributed by atoms with E-state index in [1.165, 1.54) is 5.56 Å². The second-order valence-corrected chi connectivity index (χ2v) is 5.63. The highest BCUT2D eigenvalue weighted by Crippen LogP contribution is 2.38. The number of piperidine rings is 1. The van der Waals surface area contributed by atoms with Gasteiger partial charge < -0.3 is 5.32 Å². The van der Waals surface area contributed by atoms with Crippen LogP contribution in [-0.2, 0) is 0 Å². The fourth-order valence-corrected chi connectivity index (χ4v) is 3.65.